The first-order chi connectivity index (χ1) is 10.5. The lowest BCUT2D eigenvalue weighted by molar-refractivity contribution is 0.0897. The van der Waals surface area contributed by atoms with Crippen molar-refractivity contribution in [1.82, 2.24) is 4.90 Å². The van der Waals surface area contributed by atoms with Gasteiger partial charge in [-0.2, -0.15) is 0 Å². The van der Waals surface area contributed by atoms with Crippen LogP contribution < -0.4 is 0 Å². The van der Waals surface area contributed by atoms with Crippen LogP contribution in [0.2, 0.25) is 0 Å². The maximum Gasteiger partial charge on any atom is 0.410 e. The number of benzene rings is 1. The maximum atomic E-state index is 12.3. The highest BCUT2D eigenvalue weighted by molar-refractivity contribution is 5.68. The predicted octanol–water partition coefficient (Wildman–Crippen LogP) is 4.72. The SMILES string of the molecule is C=C/C=C(/CN(C(=O)OCc1ccccc1)C(C)C)C(=C)C. The Morgan fingerprint density at radius 1 is 1.32 bits per heavy atom. The van der Waals surface area contributed by atoms with Crippen molar-refractivity contribution >= 4 is 6.09 Å². The molecule has 0 aliphatic carbocycles. The van der Waals surface area contributed by atoms with E-state index in [9.17, 15) is 4.79 Å². The molecule has 0 bridgehead atoms. The summed E-state index contributed by atoms with van der Waals surface area (Å²) in [7, 11) is 0. The molecule has 0 saturated heterocycles. The molecule has 0 saturated carbocycles. The predicted molar refractivity (Wildman–Crippen MR) is 91.6 cm³/mol. The van der Waals surface area contributed by atoms with Gasteiger partial charge in [-0.3, -0.25) is 0 Å². The van der Waals surface area contributed by atoms with Crippen molar-refractivity contribution < 1.29 is 9.53 Å². The molecule has 1 aromatic rings. The van der Waals surface area contributed by atoms with Crippen molar-refractivity contribution in [3.05, 3.63) is 72.4 Å². The molecule has 3 nitrogen and oxygen atoms in total. The Bertz CT molecular complexity index is 544. The third kappa shape index (κ3) is 5.60. The summed E-state index contributed by atoms with van der Waals surface area (Å²) in [5.74, 6) is 0. The van der Waals surface area contributed by atoms with E-state index in [0.29, 0.717) is 6.54 Å². The first-order valence-electron chi connectivity index (χ1n) is 7.40. The summed E-state index contributed by atoms with van der Waals surface area (Å²) >= 11 is 0. The standard InChI is InChI=1S/C19H25NO2/c1-6-10-18(15(2)3)13-20(16(4)5)19(21)22-14-17-11-8-7-9-12-17/h6-12,16H,1-2,13-14H2,3-5H3/b18-10-. The molecule has 1 rings (SSSR count). The molecule has 0 heterocycles. The van der Waals surface area contributed by atoms with E-state index >= 15 is 0 Å². The number of hydrogen-bond donors (Lipinski definition) is 0. The highest BCUT2D eigenvalue weighted by Crippen LogP contribution is 2.14. The topological polar surface area (TPSA) is 29.5 Å². The van der Waals surface area contributed by atoms with Crippen LogP contribution in [0.4, 0.5) is 4.79 Å². The van der Waals surface area contributed by atoms with Crippen molar-refractivity contribution in [2.24, 2.45) is 0 Å². The summed E-state index contributed by atoms with van der Waals surface area (Å²) in [5, 5.41) is 0. The molecule has 0 N–H and O–H groups in total. The fourth-order valence-corrected chi connectivity index (χ4v) is 1.92. The van der Waals surface area contributed by atoms with Gasteiger partial charge in [0.25, 0.3) is 0 Å². The number of carbonyl (C=O) groups is 1. The minimum Gasteiger partial charge on any atom is -0.445 e. The average Bonchev–Trinajstić information content (AvgIpc) is 2.49. The van der Waals surface area contributed by atoms with Crippen molar-refractivity contribution in [3.63, 3.8) is 0 Å². The van der Waals surface area contributed by atoms with Gasteiger partial charge in [0.1, 0.15) is 6.61 Å². The Hall–Kier alpha value is -2.29. The molecule has 0 aliphatic heterocycles. The van der Waals surface area contributed by atoms with Gasteiger partial charge in [-0.1, -0.05) is 61.2 Å². The van der Waals surface area contributed by atoms with Crippen molar-refractivity contribution in [3.8, 4) is 0 Å². The zero-order valence-electron chi connectivity index (χ0n) is 13.7. The Balaban J connectivity index is 2.73. The summed E-state index contributed by atoms with van der Waals surface area (Å²) in [6.45, 7) is 14.2. The molecule has 0 unspecified atom stereocenters. The van der Waals surface area contributed by atoms with Gasteiger partial charge in [0.15, 0.2) is 0 Å². The van der Waals surface area contributed by atoms with E-state index < -0.39 is 0 Å². The van der Waals surface area contributed by atoms with Crippen molar-refractivity contribution in [2.45, 2.75) is 33.4 Å². The fraction of sp³-hybridized carbons (Fsp3) is 0.316. The number of nitrogens with zero attached hydrogens (tertiary/aromatic N) is 1. The molecule has 0 atom stereocenters. The summed E-state index contributed by atoms with van der Waals surface area (Å²) < 4.78 is 5.41. The highest BCUT2D eigenvalue weighted by Gasteiger charge is 2.20. The smallest absolute Gasteiger partial charge is 0.410 e. The van der Waals surface area contributed by atoms with Crippen LogP contribution in [0.1, 0.15) is 26.3 Å². The van der Waals surface area contributed by atoms with Crippen molar-refractivity contribution in [2.75, 3.05) is 6.54 Å². The molecule has 0 aliphatic rings. The van der Waals surface area contributed by atoms with Gasteiger partial charge in [0.2, 0.25) is 0 Å². The summed E-state index contributed by atoms with van der Waals surface area (Å²) in [4.78, 5) is 14.0. The van der Waals surface area contributed by atoms with Gasteiger partial charge in [-0.15, -0.1) is 0 Å². The van der Waals surface area contributed by atoms with Crippen LogP contribution in [0.5, 0.6) is 0 Å². The van der Waals surface area contributed by atoms with E-state index in [1.165, 1.54) is 0 Å². The first kappa shape index (κ1) is 17.8. The van der Waals surface area contributed by atoms with Crippen LogP contribution in [0.25, 0.3) is 0 Å². The number of hydrogen-bond acceptors (Lipinski definition) is 2. The highest BCUT2D eigenvalue weighted by atomic mass is 16.6. The zero-order valence-corrected chi connectivity index (χ0v) is 13.7. The van der Waals surface area contributed by atoms with Gasteiger partial charge >= 0.3 is 6.09 Å². The Labute approximate surface area is 133 Å². The molecule has 3 heteroatoms. The maximum absolute atomic E-state index is 12.3. The third-order valence-electron chi connectivity index (χ3n) is 3.27. The van der Waals surface area contributed by atoms with Gasteiger partial charge in [-0.25, -0.2) is 4.79 Å². The lowest BCUT2D eigenvalue weighted by Crippen LogP contribution is -2.38. The van der Waals surface area contributed by atoms with Crippen LogP contribution in [0.15, 0.2) is 66.8 Å². The first-order valence-corrected chi connectivity index (χ1v) is 7.40. The molecule has 0 fully saturated rings. The zero-order chi connectivity index (χ0) is 16.5. The van der Waals surface area contributed by atoms with Gasteiger partial charge in [0, 0.05) is 12.6 Å². The normalized spacial score (nSPS) is 11.2. The van der Waals surface area contributed by atoms with E-state index in [4.69, 9.17) is 4.74 Å². The summed E-state index contributed by atoms with van der Waals surface area (Å²) in [5.41, 5.74) is 2.86. The van der Waals surface area contributed by atoms with E-state index in [1.807, 2.05) is 57.2 Å². The number of ether oxygens (including phenoxy) is 1. The van der Waals surface area contributed by atoms with Crippen LogP contribution in [-0.4, -0.2) is 23.6 Å². The lowest BCUT2D eigenvalue weighted by atomic mass is 10.1. The molecule has 22 heavy (non-hydrogen) atoms. The Kier molecular flexibility index (Phi) is 7.17. The quantitative estimate of drug-likeness (QED) is 0.682. The molecular weight excluding hydrogens is 274 g/mol. The van der Waals surface area contributed by atoms with E-state index in [-0.39, 0.29) is 18.7 Å². The number of allylic oxidation sites excluding steroid dienone is 2. The molecule has 0 radical (unpaired) electrons. The van der Waals surface area contributed by atoms with Crippen molar-refractivity contribution in [1.29, 1.82) is 0 Å². The second kappa shape index (κ2) is 8.88. The van der Waals surface area contributed by atoms with Crippen LogP contribution in [0, 0.1) is 0 Å². The minimum atomic E-state index is -0.324. The second-order valence-corrected chi connectivity index (χ2v) is 5.47. The molecule has 1 aromatic carbocycles. The number of rotatable bonds is 7. The van der Waals surface area contributed by atoms with Gasteiger partial charge in [0.05, 0.1) is 0 Å². The van der Waals surface area contributed by atoms with Gasteiger partial charge in [-0.05, 0) is 31.9 Å². The average molecular weight is 299 g/mol. The Morgan fingerprint density at radius 2 is 1.95 bits per heavy atom. The molecule has 118 valence electrons. The second-order valence-electron chi connectivity index (χ2n) is 5.47. The molecule has 1 amide bonds. The van der Waals surface area contributed by atoms with E-state index in [0.717, 1.165) is 16.7 Å². The van der Waals surface area contributed by atoms with E-state index in [2.05, 4.69) is 13.2 Å². The summed E-state index contributed by atoms with van der Waals surface area (Å²) in [6.07, 6.45) is 3.26. The van der Waals surface area contributed by atoms with Gasteiger partial charge < -0.3 is 9.64 Å². The minimum absolute atomic E-state index is 0.0378. The largest absolute Gasteiger partial charge is 0.445 e. The third-order valence-corrected chi connectivity index (χ3v) is 3.27. The van der Waals surface area contributed by atoms with Crippen LogP contribution in [0.3, 0.4) is 0 Å². The number of amides is 1. The monoisotopic (exact) mass is 299 g/mol. The number of carbonyl (C=O) groups excluding carboxylic acids is 1. The Morgan fingerprint density at radius 3 is 2.45 bits per heavy atom. The van der Waals surface area contributed by atoms with E-state index in [1.54, 1.807) is 11.0 Å². The van der Waals surface area contributed by atoms with Crippen LogP contribution in [-0.2, 0) is 11.3 Å². The summed E-state index contributed by atoms with van der Waals surface area (Å²) in [6, 6.07) is 9.69. The molecule has 0 aromatic heterocycles. The molecule has 0 spiro atoms. The molecular formula is C19H25NO2. The lowest BCUT2D eigenvalue weighted by Gasteiger charge is -2.27. The fourth-order valence-electron chi connectivity index (χ4n) is 1.92. The van der Waals surface area contributed by atoms with Crippen LogP contribution >= 0.6 is 0 Å².